The lowest BCUT2D eigenvalue weighted by Gasteiger charge is -2.36. The zero-order chi connectivity index (χ0) is 22.1. The van der Waals surface area contributed by atoms with Gasteiger partial charge >= 0.3 is 5.63 Å². The van der Waals surface area contributed by atoms with Crippen molar-refractivity contribution in [2.24, 2.45) is 0 Å². The third kappa shape index (κ3) is 3.66. The molecular weight excluding hydrogens is 406 g/mol. The molecule has 5 unspecified atom stereocenters. The maximum Gasteiger partial charge on any atom is 0.336 e. The maximum atomic E-state index is 13.2. The van der Waals surface area contributed by atoms with Gasteiger partial charge in [0, 0.05) is 23.2 Å². The van der Waals surface area contributed by atoms with Crippen LogP contribution in [0.3, 0.4) is 0 Å². The number of rotatable bonds is 2. The number of carbonyl (C=O) groups excluding carboxylic acids is 1. The van der Waals surface area contributed by atoms with Crippen LogP contribution in [0.1, 0.15) is 33.3 Å². The molecule has 0 spiro atoms. The Morgan fingerprint density at radius 3 is 2.39 bits per heavy atom. The summed E-state index contributed by atoms with van der Waals surface area (Å²) >= 11 is 0. The molecule has 9 heteroatoms. The van der Waals surface area contributed by atoms with Crippen LogP contribution in [-0.4, -0.2) is 48.2 Å². The van der Waals surface area contributed by atoms with E-state index in [1.807, 2.05) is 6.92 Å². The lowest BCUT2D eigenvalue weighted by Crippen LogP contribution is -2.58. The van der Waals surface area contributed by atoms with E-state index in [9.17, 15) is 9.59 Å². The number of nitrogens with one attached hydrogen (secondary N) is 1. The Balaban J connectivity index is 1.42. The smallest absolute Gasteiger partial charge is 0.336 e. The van der Waals surface area contributed by atoms with Crippen LogP contribution in [-0.2, 0) is 28.5 Å². The van der Waals surface area contributed by atoms with E-state index in [4.69, 9.17) is 28.1 Å². The summed E-state index contributed by atoms with van der Waals surface area (Å²) in [5, 5.41) is 3.62. The highest BCUT2D eigenvalue weighted by Gasteiger charge is 2.62. The van der Waals surface area contributed by atoms with Gasteiger partial charge < -0.3 is 33.4 Å². The molecule has 3 fully saturated rings. The van der Waals surface area contributed by atoms with Crippen LogP contribution < -0.4 is 10.9 Å². The highest BCUT2D eigenvalue weighted by molar-refractivity contribution is 5.96. The highest BCUT2D eigenvalue weighted by atomic mass is 16.9. The molecule has 9 nitrogen and oxygen atoms in total. The predicted octanol–water partition coefficient (Wildman–Crippen LogP) is 2.44. The predicted molar refractivity (Wildman–Crippen MR) is 108 cm³/mol. The van der Waals surface area contributed by atoms with E-state index >= 15 is 0 Å². The molecule has 5 atom stereocenters. The van der Waals surface area contributed by atoms with Crippen molar-refractivity contribution in [3.63, 3.8) is 0 Å². The Morgan fingerprint density at radius 2 is 1.61 bits per heavy atom. The number of hydrogen-bond donors (Lipinski definition) is 1. The van der Waals surface area contributed by atoms with Crippen molar-refractivity contribution in [3.05, 3.63) is 40.2 Å². The Kier molecular flexibility index (Phi) is 4.55. The average molecular weight is 431 g/mol. The molecule has 0 saturated carbocycles. The Hall–Kier alpha value is -2.30. The van der Waals surface area contributed by atoms with Gasteiger partial charge in [-0.3, -0.25) is 4.79 Å². The van der Waals surface area contributed by atoms with Gasteiger partial charge in [-0.1, -0.05) is 0 Å². The Labute approximate surface area is 178 Å². The minimum absolute atomic E-state index is 0.390. The van der Waals surface area contributed by atoms with E-state index in [0.29, 0.717) is 11.3 Å². The van der Waals surface area contributed by atoms with Crippen molar-refractivity contribution in [3.8, 4) is 0 Å². The van der Waals surface area contributed by atoms with Gasteiger partial charge in [0.2, 0.25) is 0 Å². The summed E-state index contributed by atoms with van der Waals surface area (Å²) < 4.78 is 35.1. The number of carbonyl (C=O) groups is 1. The van der Waals surface area contributed by atoms with Crippen LogP contribution in [0.15, 0.2) is 33.5 Å². The van der Waals surface area contributed by atoms with Crippen molar-refractivity contribution in [1.82, 2.24) is 0 Å². The summed E-state index contributed by atoms with van der Waals surface area (Å²) in [6, 6.07) is 6.57. The van der Waals surface area contributed by atoms with Gasteiger partial charge in [-0.25, -0.2) is 4.79 Å². The first-order valence-electron chi connectivity index (χ1n) is 10.2. The monoisotopic (exact) mass is 431 g/mol. The lowest BCUT2D eigenvalue weighted by atomic mass is 9.98. The molecule has 5 rings (SSSR count). The SMILES string of the molecule is Cc1cc(=O)oc2cc(NC(=O)C3OC4OC(C)(C)OC4C4OC(C)(C)OC34)ccc12. The summed E-state index contributed by atoms with van der Waals surface area (Å²) in [6.45, 7) is 8.96. The number of anilines is 1. The molecular formula is C22H25NO8. The molecule has 31 heavy (non-hydrogen) atoms. The van der Waals surface area contributed by atoms with Crippen LogP contribution in [0, 0.1) is 6.92 Å². The summed E-state index contributed by atoms with van der Waals surface area (Å²) in [5.74, 6) is -2.18. The molecule has 3 saturated heterocycles. The first-order valence-corrected chi connectivity index (χ1v) is 10.2. The molecule has 1 aromatic heterocycles. The number of benzene rings is 1. The minimum Gasteiger partial charge on any atom is -0.423 e. The number of ether oxygens (including phenoxy) is 5. The number of aryl methyl sites for hydroxylation is 1. The first-order chi connectivity index (χ1) is 14.5. The third-order valence-electron chi connectivity index (χ3n) is 5.63. The van der Waals surface area contributed by atoms with E-state index in [1.54, 1.807) is 45.9 Å². The second-order valence-corrected chi connectivity index (χ2v) is 9.04. The topological polar surface area (TPSA) is 105 Å². The van der Waals surface area contributed by atoms with Gasteiger partial charge in [-0.05, 0) is 52.3 Å². The zero-order valence-corrected chi connectivity index (χ0v) is 18.0. The van der Waals surface area contributed by atoms with Gasteiger partial charge in [0.25, 0.3) is 5.91 Å². The van der Waals surface area contributed by atoms with Crippen LogP contribution in [0.2, 0.25) is 0 Å². The lowest BCUT2D eigenvalue weighted by molar-refractivity contribution is -0.229. The van der Waals surface area contributed by atoms with Gasteiger partial charge in [-0.2, -0.15) is 0 Å². The summed E-state index contributed by atoms with van der Waals surface area (Å²) in [5.41, 5.74) is 1.21. The third-order valence-corrected chi connectivity index (χ3v) is 5.63. The molecule has 0 aliphatic carbocycles. The molecule has 1 amide bonds. The fourth-order valence-corrected chi connectivity index (χ4v) is 4.44. The summed E-state index contributed by atoms with van der Waals surface area (Å²) in [4.78, 5) is 24.9. The van der Waals surface area contributed by atoms with Crippen molar-refractivity contribution < 1.29 is 32.9 Å². The van der Waals surface area contributed by atoms with Crippen LogP contribution in [0.25, 0.3) is 11.0 Å². The quantitative estimate of drug-likeness (QED) is 0.723. The number of hydrogen-bond acceptors (Lipinski definition) is 8. The summed E-state index contributed by atoms with van der Waals surface area (Å²) in [7, 11) is 0. The second-order valence-electron chi connectivity index (χ2n) is 9.04. The molecule has 1 aromatic carbocycles. The van der Waals surface area contributed by atoms with E-state index in [2.05, 4.69) is 5.32 Å². The average Bonchev–Trinajstić information content (AvgIpc) is 3.14. The van der Waals surface area contributed by atoms with E-state index < -0.39 is 53.8 Å². The number of fused-ring (bicyclic) bond motifs is 4. The summed E-state index contributed by atoms with van der Waals surface area (Å²) in [6.07, 6.45) is -3.45. The van der Waals surface area contributed by atoms with Crippen molar-refractivity contribution in [2.75, 3.05) is 5.32 Å². The van der Waals surface area contributed by atoms with Crippen LogP contribution >= 0.6 is 0 Å². The second kappa shape index (κ2) is 6.85. The van der Waals surface area contributed by atoms with E-state index in [0.717, 1.165) is 10.9 Å². The van der Waals surface area contributed by atoms with Crippen LogP contribution in [0.4, 0.5) is 5.69 Å². The molecule has 0 radical (unpaired) electrons. The highest BCUT2D eigenvalue weighted by Crippen LogP contribution is 2.44. The van der Waals surface area contributed by atoms with E-state index in [-0.39, 0.29) is 0 Å². The fraction of sp³-hybridized carbons (Fsp3) is 0.545. The molecule has 1 N–H and O–H groups in total. The van der Waals surface area contributed by atoms with Gasteiger partial charge in [0.1, 0.15) is 23.9 Å². The van der Waals surface area contributed by atoms with Crippen LogP contribution in [0.5, 0.6) is 0 Å². The normalized spacial score (nSPS) is 33.1. The standard InChI is InChI=1S/C22H25NO8/c1-10-8-14(24)26-13-9-11(6-7-12(10)13)23-19(25)17-15-16(29-21(2,3)28-15)18-20(27-17)31-22(4,5)30-18/h6-9,15-18,20H,1-5H3,(H,23,25). The molecule has 0 bridgehead atoms. The molecule has 3 aliphatic rings. The maximum absolute atomic E-state index is 13.2. The minimum atomic E-state index is -0.981. The van der Waals surface area contributed by atoms with E-state index in [1.165, 1.54) is 6.07 Å². The van der Waals surface area contributed by atoms with Crippen molar-refractivity contribution >= 4 is 22.6 Å². The van der Waals surface area contributed by atoms with Gasteiger partial charge in [-0.15, -0.1) is 0 Å². The fourth-order valence-electron chi connectivity index (χ4n) is 4.44. The van der Waals surface area contributed by atoms with Gasteiger partial charge in [0.15, 0.2) is 24.0 Å². The Bertz CT molecular complexity index is 1110. The zero-order valence-electron chi connectivity index (χ0n) is 18.0. The molecule has 3 aliphatic heterocycles. The Morgan fingerprint density at radius 1 is 0.935 bits per heavy atom. The first kappa shape index (κ1) is 20.6. The molecule has 166 valence electrons. The molecule has 4 heterocycles. The number of amides is 1. The van der Waals surface area contributed by atoms with Crippen molar-refractivity contribution in [1.29, 1.82) is 0 Å². The van der Waals surface area contributed by atoms with Crippen molar-refractivity contribution in [2.45, 2.75) is 76.9 Å². The largest absolute Gasteiger partial charge is 0.423 e. The molecule has 2 aromatic rings. The van der Waals surface area contributed by atoms with Gasteiger partial charge in [0.05, 0.1) is 0 Å².